The monoisotopic (exact) mass is 423 g/mol. The Morgan fingerprint density at radius 3 is 2.70 bits per heavy atom. The Hall–Kier alpha value is -1.91. The molecule has 9 heteroatoms. The zero-order valence-electron chi connectivity index (χ0n) is 14.1. The van der Waals surface area contributed by atoms with E-state index in [4.69, 9.17) is 9.47 Å². The molecule has 0 radical (unpaired) electrons. The van der Waals surface area contributed by atoms with Gasteiger partial charge in [0.1, 0.15) is 19.3 Å². The van der Waals surface area contributed by atoms with Crippen molar-refractivity contribution in [3.63, 3.8) is 0 Å². The van der Waals surface area contributed by atoms with Crippen molar-refractivity contribution >= 4 is 32.7 Å². The average molecular weight is 424 g/mol. The van der Waals surface area contributed by atoms with Gasteiger partial charge in [-0.15, -0.1) is 11.3 Å². The number of aliphatic hydroxyl groups excluding tert-OH is 1. The highest BCUT2D eigenvalue weighted by molar-refractivity contribution is 7.89. The van der Waals surface area contributed by atoms with Crippen LogP contribution in [-0.2, 0) is 16.6 Å². The van der Waals surface area contributed by atoms with Crippen LogP contribution in [0, 0.1) is 0 Å². The molecule has 1 aliphatic rings. The molecule has 1 aromatic carbocycles. The molecule has 0 saturated heterocycles. The largest absolute Gasteiger partial charge is 0.486 e. The average Bonchev–Trinajstić information content (AvgIpc) is 3.37. The van der Waals surface area contributed by atoms with Crippen molar-refractivity contribution in [1.29, 1.82) is 0 Å². The number of hydrogen-bond acceptors (Lipinski definition) is 7. The van der Waals surface area contributed by atoms with Crippen molar-refractivity contribution in [2.75, 3.05) is 13.2 Å². The lowest BCUT2D eigenvalue weighted by molar-refractivity contribution is 0.171. The summed E-state index contributed by atoms with van der Waals surface area (Å²) in [7, 11) is -3.69. The van der Waals surface area contributed by atoms with Crippen LogP contribution in [0.15, 0.2) is 52.1 Å². The fourth-order valence-electron chi connectivity index (χ4n) is 2.67. The van der Waals surface area contributed by atoms with E-state index in [0.717, 1.165) is 15.3 Å². The highest BCUT2D eigenvalue weighted by atomic mass is 32.2. The van der Waals surface area contributed by atoms with Crippen LogP contribution in [0.5, 0.6) is 11.5 Å². The molecule has 4 rings (SSSR count). The second-order valence-electron chi connectivity index (χ2n) is 5.89. The second-order valence-corrected chi connectivity index (χ2v) is 9.64. The Bertz CT molecular complexity index is 1030. The first-order valence-electron chi connectivity index (χ1n) is 8.21. The summed E-state index contributed by atoms with van der Waals surface area (Å²) in [5, 5.41) is 14.2. The number of fused-ring (bicyclic) bond motifs is 1. The van der Waals surface area contributed by atoms with Gasteiger partial charge in [-0.25, -0.2) is 13.1 Å². The highest BCUT2D eigenvalue weighted by Crippen LogP contribution is 2.33. The highest BCUT2D eigenvalue weighted by Gasteiger charge is 2.20. The Morgan fingerprint density at radius 1 is 1.11 bits per heavy atom. The molecule has 0 amide bonds. The summed E-state index contributed by atoms with van der Waals surface area (Å²) in [6, 6.07) is 10.1. The molecule has 0 aliphatic carbocycles. The normalized spacial score (nSPS) is 14.9. The summed E-state index contributed by atoms with van der Waals surface area (Å²) in [5.41, 5.74) is 0.838. The van der Waals surface area contributed by atoms with Gasteiger partial charge in [-0.2, -0.15) is 11.3 Å². The number of rotatable bonds is 6. The lowest BCUT2D eigenvalue weighted by Gasteiger charge is -2.18. The molecule has 0 bridgehead atoms. The predicted molar refractivity (Wildman–Crippen MR) is 104 cm³/mol. The van der Waals surface area contributed by atoms with Crippen LogP contribution in [0.2, 0.25) is 0 Å². The standard InChI is InChI=1S/C18H17NO5S3/c20-18(12-5-8-25-11-12)17-4-1-13(26-17)10-19-27(21,22)14-2-3-15-16(9-14)24-7-6-23-15/h1-5,8-9,11,18-20H,6-7,10H2/t18-/m0/s1. The van der Waals surface area contributed by atoms with Crippen LogP contribution in [0.3, 0.4) is 0 Å². The van der Waals surface area contributed by atoms with Gasteiger partial charge < -0.3 is 14.6 Å². The number of aliphatic hydroxyl groups is 1. The van der Waals surface area contributed by atoms with Crippen molar-refractivity contribution in [3.05, 3.63) is 62.5 Å². The maximum atomic E-state index is 12.6. The predicted octanol–water partition coefficient (Wildman–Crippen LogP) is 3.14. The Balaban J connectivity index is 1.45. The van der Waals surface area contributed by atoms with Crippen molar-refractivity contribution in [1.82, 2.24) is 4.72 Å². The summed E-state index contributed by atoms with van der Waals surface area (Å²) >= 11 is 2.91. The maximum absolute atomic E-state index is 12.6. The van der Waals surface area contributed by atoms with Gasteiger partial charge in [0.15, 0.2) is 11.5 Å². The summed E-state index contributed by atoms with van der Waals surface area (Å²) in [4.78, 5) is 1.73. The third-order valence-corrected chi connectivity index (χ3v) is 7.31. The first kappa shape index (κ1) is 18.5. The molecule has 2 N–H and O–H groups in total. The van der Waals surface area contributed by atoms with E-state index < -0.39 is 16.1 Å². The molecular formula is C18H17NO5S3. The van der Waals surface area contributed by atoms with Crippen LogP contribution in [0.4, 0.5) is 0 Å². The Kier molecular flexibility index (Phi) is 5.20. The second kappa shape index (κ2) is 7.61. The first-order valence-corrected chi connectivity index (χ1v) is 11.5. The van der Waals surface area contributed by atoms with E-state index in [1.54, 1.807) is 6.07 Å². The molecule has 3 aromatic rings. The zero-order valence-corrected chi connectivity index (χ0v) is 16.6. The number of hydrogen-bond donors (Lipinski definition) is 2. The van der Waals surface area contributed by atoms with Crippen LogP contribution < -0.4 is 14.2 Å². The minimum absolute atomic E-state index is 0.127. The number of sulfonamides is 1. The third-order valence-electron chi connectivity index (χ3n) is 4.07. The molecule has 0 spiro atoms. The molecule has 1 atom stereocenters. The van der Waals surface area contributed by atoms with E-state index in [1.807, 2.05) is 29.0 Å². The van der Waals surface area contributed by atoms with E-state index >= 15 is 0 Å². The van der Waals surface area contributed by atoms with E-state index in [2.05, 4.69) is 4.72 Å². The van der Waals surface area contributed by atoms with Gasteiger partial charge in [0, 0.05) is 22.4 Å². The molecule has 6 nitrogen and oxygen atoms in total. The lowest BCUT2D eigenvalue weighted by atomic mass is 10.2. The van der Waals surface area contributed by atoms with Crippen molar-refractivity contribution in [2.45, 2.75) is 17.5 Å². The minimum Gasteiger partial charge on any atom is -0.486 e. The lowest BCUT2D eigenvalue weighted by Crippen LogP contribution is -2.23. The quantitative estimate of drug-likeness (QED) is 0.636. The SMILES string of the molecule is O=S(=O)(NCc1ccc([C@@H](O)c2ccsc2)s1)c1ccc2c(c1)OCCO2. The van der Waals surface area contributed by atoms with Crippen molar-refractivity contribution < 1.29 is 23.0 Å². The molecular weight excluding hydrogens is 406 g/mol. The van der Waals surface area contributed by atoms with Crippen LogP contribution in [0.1, 0.15) is 21.4 Å². The van der Waals surface area contributed by atoms with Gasteiger partial charge in [-0.3, -0.25) is 0 Å². The number of nitrogens with one attached hydrogen (secondary N) is 1. The number of thiophene rings is 2. The minimum atomic E-state index is -3.69. The molecule has 0 fully saturated rings. The Morgan fingerprint density at radius 2 is 1.93 bits per heavy atom. The zero-order chi connectivity index (χ0) is 18.9. The van der Waals surface area contributed by atoms with Gasteiger partial charge in [0.2, 0.25) is 10.0 Å². The molecule has 3 heterocycles. The van der Waals surface area contributed by atoms with E-state index in [1.165, 1.54) is 34.8 Å². The van der Waals surface area contributed by atoms with Gasteiger partial charge in [0.25, 0.3) is 0 Å². The van der Waals surface area contributed by atoms with Crippen molar-refractivity contribution in [2.24, 2.45) is 0 Å². The molecule has 0 unspecified atom stereocenters. The summed E-state index contributed by atoms with van der Waals surface area (Å²) < 4.78 is 38.6. The van der Waals surface area contributed by atoms with Gasteiger partial charge in [-0.05, 0) is 46.7 Å². The maximum Gasteiger partial charge on any atom is 0.241 e. The molecule has 0 saturated carbocycles. The fraction of sp³-hybridized carbons (Fsp3) is 0.222. The summed E-state index contributed by atoms with van der Waals surface area (Å²) in [5.74, 6) is 0.979. The van der Waals surface area contributed by atoms with Crippen molar-refractivity contribution in [3.8, 4) is 11.5 Å². The molecule has 1 aliphatic heterocycles. The van der Waals surface area contributed by atoms with E-state index in [0.29, 0.717) is 24.7 Å². The molecule has 142 valence electrons. The topological polar surface area (TPSA) is 84.9 Å². The van der Waals surface area contributed by atoms with E-state index in [-0.39, 0.29) is 11.4 Å². The van der Waals surface area contributed by atoms with Gasteiger partial charge in [0.05, 0.1) is 4.90 Å². The summed E-state index contributed by atoms with van der Waals surface area (Å²) in [6.45, 7) is 1.00. The van der Waals surface area contributed by atoms with Gasteiger partial charge in [-0.1, -0.05) is 0 Å². The number of benzene rings is 1. The Labute approximate surface area is 165 Å². The third kappa shape index (κ3) is 4.02. The van der Waals surface area contributed by atoms with E-state index in [9.17, 15) is 13.5 Å². The van der Waals surface area contributed by atoms with Crippen LogP contribution >= 0.6 is 22.7 Å². The summed E-state index contributed by atoms with van der Waals surface area (Å²) in [6.07, 6.45) is -0.690. The van der Waals surface area contributed by atoms with Crippen LogP contribution in [0.25, 0.3) is 0 Å². The molecule has 2 aromatic heterocycles. The molecule has 27 heavy (non-hydrogen) atoms. The smallest absolute Gasteiger partial charge is 0.241 e. The first-order chi connectivity index (χ1) is 13.0. The van der Waals surface area contributed by atoms with Crippen LogP contribution in [-0.4, -0.2) is 26.7 Å². The fourth-order valence-corrected chi connectivity index (χ4v) is 5.43. The van der Waals surface area contributed by atoms with Gasteiger partial charge >= 0.3 is 0 Å². The number of ether oxygens (including phenoxy) is 2.